The summed E-state index contributed by atoms with van der Waals surface area (Å²) in [6.07, 6.45) is 5.73. The van der Waals surface area contributed by atoms with Gasteiger partial charge in [-0.1, -0.05) is 23.7 Å². The van der Waals surface area contributed by atoms with Gasteiger partial charge in [-0.3, -0.25) is 14.8 Å². The summed E-state index contributed by atoms with van der Waals surface area (Å²) in [5, 5.41) is 6.51. The average Bonchev–Trinajstić information content (AvgIpc) is 2.82. The number of carbonyl (C=O) groups excluding carboxylic acids is 1. The van der Waals surface area contributed by atoms with E-state index in [2.05, 4.69) is 20.3 Å². The summed E-state index contributed by atoms with van der Waals surface area (Å²) in [7, 11) is 0. The zero-order valence-electron chi connectivity index (χ0n) is 17.6. The topological polar surface area (TPSA) is 93.8 Å². The Kier molecular flexibility index (Phi) is 5.59. The van der Waals surface area contributed by atoms with Gasteiger partial charge in [-0.15, -0.1) is 0 Å². The third kappa shape index (κ3) is 4.61. The SMILES string of the molecule is Nc1nccc2cc(CNC(=O)c3ccnc(Cc4cnc5ccc(Cl)cc5c4)c3)ccc12. The molecule has 3 aromatic heterocycles. The minimum Gasteiger partial charge on any atom is -0.383 e. The highest BCUT2D eigenvalue weighted by Crippen LogP contribution is 2.21. The largest absolute Gasteiger partial charge is 0.383 e. The van der Waals surface area contributed by atoms with Crippen molar-refractivity contribution >= 4 is 45.0 Å². The molecule has 0 radical (unpaired) electrons. The van der Waals surface area contributed by atoms with E-state index in [-0.39, 0.29) is 5.91 Å². The van der Waals surface area contributed by atoms with Crippen molar-refractivity contribution < 1.29 is 4.79 Å². The summed E-state index contributed by atoms with van der Waals surface area (Å²) >= 11 is 6.10. The molecule has 0 aliphatic heterocycles. The van der Waals surface area contributed by atoms with Gasteiger partial charge in [0.15, 0.2) is 0 Å². The quantitative estimate of drug-likeness (QED) is 0.393. The Hall–Kier alpha value is -4.03. The van der Waals surface area contributed by atoms with Gasteiger partial charge >= 0.3 is 0 Å². The fraction of sp³-hybridized carbons (Fsp3) is 0.0769. The predicted molar refractivity (Wildman–Crippen MR) is 131 cm³/mol. The van der Waals surface area contributed by atoms with Crippen LogP contribution >= 0.6 is 11.6 Å². The van der Waals surface area contributed by atoms with Gasteiger partial charge in [-0.2, -0.15) is 0 Å². The maximum atomic E-state index is 12.8. The second kappa shape index (κ2) is 8.84. The third-order valence-corrected chi connectivity index (χ3v) is 5.71. The number of amides is 1. The summed E-state index contributed by atoms with van der Waals surface area (Å²) in [6.45, 7) is 0.407. The van der Waals surface area contributed by atoms with Crippen LogP contribution in [0.4, 0.5) is 5.82 Å². The molecule has 3 N–H and O–H groups in total. The van der Waals surface area contributed by atoms with Gasteiger partial charge in [0.2, 0.25) is 0 Å². The van der Waals surface area contributed by atoms with Crippen molar-refractivity contribution in [3.8, 4) is 0 Å². The molecule has 0 saturated heterocycles. The van der Waals surface area contributed by atoms with Crippen LogP contribution in [0.2, 0.25) is 5.02 Å². The van der Waals surface area contributed by atoms with Crippen LogP contribution < -0.4 is 11.1 Å². The minimum absolute atomic E-state index is 0.156. The van der Waals surface area contributed by atoms with E-state index in [1.165, 1.54) is 0 Å². The van der Waals surface area contributed by atoms with Crippen molar-refractivity contribution in [3.63, 3.8) is 0 Å². The van der Waals surface area contributed by atoms with E-state index in [1.54, 1.807) is 18.5 Å². The molecule has 162 valence electrons. The first-order valence-corrected chi connectivity index (χ1v) is 10.8. The normalized spacial score (nSPS) is 11.1. The first-order chi connectivity index (χ1) is 16.0. The number of hydrogen-bond donors (Lipinski definition) is 2. The van der Waals surface area contributed by atoms with Crippen LogP contribution in [-0.4, -0.2) is 20.9 Å². The number of nitrogens with zero attached hydrogens (tertiary/aromatic N) is 3. The number of nitrogens with two attached hydrogens (primary N) is 1. The number of nitrogen functional groups attached to an aromatic ring is 1. The van der Waals surface area contributed by atoms with Crippen molar-refractivity contribution in [2.24, 2.45) is 0 Å². The van der Waals surface area contributed by atoms with Crippen LogP contribution in [0.15, 0.2) is 79.3 Å². The molecule has 5 rings (SSSR count). The van der Waals surface area contributed by atoms with Gasteiger partial charge in [0.1, 0.15) is 5.82 Å². The molecule has 3 heterocycles. The molecular weight excluding hydrogens is 434 g/mol. The lowest BCUT2D eigenvalue weighted by molar-refractivity contribution is 0.0950. The Morgan fingerprint density at radius 2 is 1.73 bits per heavy atom. The van der Waals surface area contributed by atoms with Crippen LogP contribution in [0.3, 0.4) is 0 Å². The van der Waals surface area contributed by atoms with E-state index in [1.807, 2.05) is 60.8 Å². The molecule has 0 saturated carbocycles. The van der Waals surface area contributed by atoms with Gasteiger partial charge in [-0.25, -0.2) is 4.98 Å². The number of nitrogens with one attached hydrogen (secondary N) is 1. The molecule has 0 atom stereocenters. The van der Waals surface area contributed by atoms with Crippen molar-refractivity contribution in [2.75, 3.05) is 5.73 Å². The number of pyridine rings is 3. The predicted octanol–water partition coefficient (Wildman–Crippen LogP) is 4.93. The second-order valence-electron chi connectivity index (χ2n) is 7.83. The minimum atomic E-state index is -0.156. The Labute approximate surface area is 195 Å². The molecule has 0 bridgehead atoms. The van der Waals surface area contributed by atoms with Crippen LogP contribution in [0, 0.1) is 0 Å². The van der Waals surface area contributed by atoms with Crippen LogP contribution in [0.5, 0.6) is 0 Å². The number of halogens is 1. The molecule has 7 heteroatoms. The molecule has 0 aliphatic carbocycles. The number of fused-ring (bicyclic) bond motifs is 2. The fourth-order valence-corrected chi connectivity index (χ4v) is 4.00. The summed E-state index contributed by atoms with van der Waals surface area (Å²) in [6, 6.07) is 19.0. The first kappa shape index (κ1) is 20.8. The second-order valence-corrected chi connectivity index (χ2v) is 8.26. The number of rotatable bonds is 5. The standard InChI is InChI=1S/C26H20ClN5O/c27-21-2-4-24-20(12-21)10-17(15-31-24)11-22-13-19(6-7-29-22)26(33)32-14-16-1-3-23-18(9-16)5-8-30-25(23)28/h1-10,12-13,15H,11,14H2,(H2,28,30)(H,32,33). The van der Waals surface area contributed by atoms with Crippen LogP contribution in [-0.2, 0) is 13.0 Å². The molecule has 0 unspecified atom stereocenters. The fourth-order valence-electron chi connectivity index (χ4n) is 3.82. The summed E-state index contributed by atoms with van der Waals surface area (Å²) < 4.78 is 0. The van der Waals surface area contributed by atoms with E-state index in [4.69, 9.17) is 17.3 Å². The summed E-state index contributed by atoms with van der Waals surface area (Å²) in [5.41, 5.74) is 10.1. The molecule has 6 nitrogen and oxygen atoms in total. The van der Waals surface area contributed by atoms with E-state index >= 15 is 0 Å². The molecule has 5 aromatic rings. The summed E-state index contributed by atoms with van der Waals surface area (Å²) in [5.74, 6) is 0.341. The van der Waals surface area contributed by atoms with E-state index in [0.717, 1.165) is 38.5 Å². The van der Waals surface area contributed by atoms with Gasteiger partial charge in [-0.05, 0) is 65.0 Å². The first-order valence-electron chi connectivity index (χ1n) is 10.5. The zero-order chi connectivity index (χ0) is 22.8. The molecule has 0 spiro atoms. The van der Waals surface area contributed by atoms with Crippen molar-refractivity contribution in [2.45, 2.75) is 13.0 Å². The average molecular weight is 454 g/mol. The lowest BCUT2D eigenvalue weighted by atomic mass is 10.1. The molecular formula is C26H20ClN5O. The highest BCUT2D eigenvalue weighted by Gasteiger charge is 2.09. The van der Waals surface area contributed by atoms with E-state index in [0.29, 0.717) is 29.4 Å². The van der Waals surface area contributed by atoms with E-state index < -0.39 is 0 Å². The lowest BCUT2D eigenvalue weighted by Gasteiger charge is -2.09. The highest BCUT2D eigenvalue weighted by molar-refractivity contribution is 6.31. The Balaban J connectivity index is 1.29. The number of benzene rings is 2. The molecule has 2 aromatic carbocycles. The maximum absolute atomic E-state index is 12.8. The number of anilines is 1. The maximum Gasteiger partial charge on any atom is 0.251 e. The van der Waals surface area contributed by atoms with Crippen molar-refractivity contribution in [1.82, 2.24) is 20.3 Å². The van der Waals surface area contributed by atoms with Crippen molar-refractivity contribution in [1.29, 1.82) is 0 Å². The Morgan fingerprint density at radius 3 is 2.64 bits per heavy atom. The van der Waals surface area contributed by atoms with Gasteiger partial charge in [0.05, 0.1) is 5.52 Å². The molecule has 0 fully saturated rings. The number of aromatic nitrogens is 3. The number of carbonyl (C=O) groups is 1. The Morgan fingerprint density at radius 1 is 0.879 bits per heavy atom. The van der Waals surface area contributed by atoms with Gasteiger partial charge in [0.25, 0.3) is 5.91 Å². The van der Waals surface area contributed by atoms with Gasteiger partial charge in [0, 0.05) is 58.6 Å². The molecule has 33 heavy (non-hydrogen) atoms. The highest BCUT2D eigenvalue weighted by atomic mass is 35.5. The number of hydrogen-bond acceptors (Lipinski definition) is 5. The zero-order valence-corrected chi connectivity index (χ0v) is 18.4. The Bertz CT molecular complexity index is 1500. The van der Waals surface area contributed by atoms with Crippen molar-refractivity contribution in [3.05, 3.63) is 107 Å². The van der Waals surface area contributed by atoms with Crippen LogP contribution in [0.1, 0.15) is 27.2 Å². The van der Waals surface area contributed by atoms with E-state index in [9.17, 15) is 4.79 Å². The smallest absolute Gasteiger partial charge is 0.251 e. The monoisotopic (exact) mass is 453 g/mol. The molecule has 0 aliphatic rings. The van der Waals surface area contributed by atoms with Gasteiger partial charge < -0.3 is 11.1 Å². The molecule has 1 amide bonds. The third-order valence-electron chi connectivity index (χ3n) is 5.48. The lowest BCUT2D eigenvalue weighted by Crippen LogP contribution is -2.23. The van der Waals surface area contributed by atoms with Crippen LogP contribution in [0.25, 0.3) is 21.7 Å². The summed E-state index contributed by atoms with van der Waals surface area (Å²) in [4.78, 5) is 25.8.